The SMILES string of the molecule is CC(C)COCCOc1cc(Br)cc(CN)c1. The minimum absolute atomic E-state index is 0.514. The lowest BCUT2D eigenvalue weighted by Crippen LogP contribution is -2.10. The molecule has 0 radical (unpaired) electrons. The van der Waals surface area contributed by atoms with E-state index >= 15 is 0 Å². The summed E-state index contributed by atoms with van der Waals surface area (Å²) in [5.74, 6) is 1.39. The van der Waals surface area contributed by atoms with E-state index in [2.05, 4.69) is 29.8 Å². The van der Waals surface area contributed by atoms with Crippen LogP contribution in [0.4, 0.5) is 0 Å². The van der Waals surface area contributed by atoms with Crippen molar-refractivity contribution in [1.29, 1.82) is 0 Å². The van der Waals surface area contributed by atoms with Crippen molar-refractivity contribution in [2.45, 2.75) is 20.4 Å². The molecule has 0 atom stereocenters. The zero-order chi connectivity index (χ0) is 12.7. The molecule has 1 aromatic carbocycles. The van der Waals surface area contributed by atoms with Crippen LogP contribution in [0.2, 0.25) is 0 Å². The molecule has 0 aliphatic heterocycles. The molecular weight excluding hydrogens is 282 g/mol. The number of benzene rings is 1. The third kappa shape index (κ3) is 6.05. The van der Waals surface area contributed by atoms with Crippen LogP contribution in [0, 0.1) is 5.92 Å². The fourth-order valence-corrected chi connectivity index (χ4v) is 1.88. The Labute approximate surface area is 111 Å². The van der Waals surface area contributed by atoms with E-state index in [1.54, 1.807) is 0 Å². The normalized spacial score (nSPS) is 10.9. The highest BCUT2D eigenvalue weighted by Gasteiger charge is 2.00. The highest BCUT2D eigenvalue weighted by atomic mass is 79.9. The molecule has 0 unspecified atom stereocenters. The number of hydrogen-bond acceptors (Lipinski definition) is 3. The van der Waals surface area contributed by atoms with E-state index < -0.39 is 0 Å². The number of halogens is 1. The average Bonchev–Trinajstić information content (AvgIpc) is 2.27. The van der Waals surface area contributed by atoms with Gasteiger partial charge in [0.2, 0.25) is 0 Å². The molecular formula is C13H20BrNO2. The molecule has 0 heterocycles. The molecule has 0 fully saturated rings. The lowest BCUT2D eigenvalue weighted by molar-refractivity contribution is 0.0818. The van der Waals surface area contributed by atoms with Gasteiger partial charge in [0.1, 0.15) is 12.4 Å². The summed E-state index contributed by atoms with van der Waals surface area (Å²) in [5.41, 5.74) is 6.65. The van der Waals surface area contributed by atoms with Gasteiger partial charge in [-0.3, -0.25) is 0 Å². The minimum Gasteiger partial charge on any atom is -0.491 e. The van der Waals surface area contributed by atoms with Gasteiger partial charge in [-0.2, -0.15) is 0 Å². The van der Waals surface area contributed by atoms with Crippen molar-refractivity contribution in [3.05, 3.63) is 28.2 Å². The van der Waals surface area contributed by atoms with Crippen LogP contribution >= 0.6 is 15.9 Å². The quantitative estimate of drug-likeness (QED) is 0.788. The van der Waals surface area contributed by atoms with Crippen molar-refractivity contribution >= 4 is 15.9 Å². The van der Waals surface area contributed by atoms with Crippen molar-refractivity contribution < 1.29 is 9.47 Å². The topological polar surface area (TPSA) is 44.5 Å². The van der Waals surface area contributed by atoms with E-state index in [1.807, 2.05) is 18.2 Å². The molecule has 96 valence electrons. The first-order chi connectivity index (χ1) is 8.11. The van der Waals surface area contributed by atoms with Crippen molar-refractivity contribution in [1.82, 2.24) is 0 Å². The first-order valence-electron chi connectivity index (χ1n) is 5.82. The maximum Gasteiger partial charge on any atom is 0.120 e. The number of rotatable bonds is 7. The molecule has 0 amide bonds. The van der Waals surface area contributed by atoms with Crippen LogP contribution in [0.5, 0.6) is 5.75 Å². The highest BCUT2D eigenvalue weighted by molar-refractivity contribution is 9.10. The predicted molar refractivity (Wildman–Crippen MR) is 73.2 cm³/mol. The van der Waals surface area contributed by atoms with E-state index in [0.29, 0.717) is 25.7 Å². The van der Waals surface area contributed by atoms with Crippen LogP contribution in [0.15, 0.2) is 22.7 Å². The molecule has 2 N–H and O–H groups in total. The third-order valence-electron chi connectivity index (χ3n) is 2.11. The van der Waals surface area contributed by atoms with Gasteiger partial charge in [-0.15, -0.1) is 0 Å². The Balaban J connectivity index is 2.33. The molecule has 0 saturated carbocycles. The van der Waals surface area contributed by atoms with E-state index in [1.165, 1.54) is 0 Å². The first kappa shape index (κ1) is 14.5. The van der Waals surface area contributed by atoms with Gasteiger partial charge >= 0.3 is 0 Å². The molecule has 0 saturated heterocycles. The maximum atomic E-state index is 5.60. The third-order valence-corrected chi connectivity index (χ3v) is 2.57. The summed E-state index contributed by atoms with van der Waals surface area (Å²) in [7, 11) is 0. The zero-order valence-electron chi connectivity index (χ0n) is 10.4. The van der Waals surface area contributed by atoms with Gasteiger partial charge in [0.25, 0.3) is 0 Å². The van der Waals surface area contributed by atoms with Crippen LogP contribution in [-0.2, 0) is 11.3 Å². The lowest BCUT2D eigenvalue weighted by Gasteiger charge is -2.10. The molecule has 0 aliphatic carbocycles. The van der Waals surface area contributed by atoms with Gasteiger partial charge in [-0.05, 0) is 29.7 Å². The predicted octanol–water partition coefficient (Wildman–Crippen LogP) is 2.96. The van der Waals surface area contributed by atoms with Crippen LogP contribution < -0.4 is 10.5 Å². The largest absolute Gasteiger partial charge is 0.491 e. The van der Waals surface area contributed by atoms with Crippen LogP contribution in [0.25, 0.3) is 0 Å². The second-order valence-electron chi connectivity index (χ2n) is 4.32. The first-order valence-corrected chi connectivity index (χ1v) is 6.61. The summed E-state index contributed by atoms with van der Waals surface area (Å²) in [6.07, 6.45) is 0. The number of hydrogen-bond donors (Lipinski definition) is 1. The fourth-order valence-electron chi connectivity index (χ4n) is 1.36. The average molecular weight is 302 g/mol. The summed E-state index contributed by atoms with van der Waals surface area (Å²) < 4.78 is 12.0. The van der Waals surface area contributed by atoms with Gasteiger partial charge < -0.3 is 15.2 Å². The summed E-state index contributed by atoms with van der Waals surface area (Å²) >= 11 is 3.43. The number of nitrogens with two attached hydrogens (primary N) is 1. The molecule has 0 aliphatic rings. The Morgan fingerprint density at radius 2 is 2.00 bits per heavy atom. The Morgan fingerprint density at radius 3 is 2.65 bits per heavy atom. The Hall–Kier alpha value is -0.580. The smallest absolute Gasteiger partial charge is 0.120 e. The molecule has 4 heteroatoms. The molecule has 1 aromatic rings. The van der Waals surface area contributed by atoms with E-state index in [-0.39, 0.29) is 0 Å². The van der Waals surface area contributed by atoms with Gasteiger partial charge in [0, 0.05) is 17.6 Å². The molecule has 0 aromatic heterocycles. The van der Waals surface area contributed by atoms with Crippen molar-refractivity contribution in [3.8, 4) is 5.75 Å². The van der Waals surface area contributed by atoms with E-state index in [0.717, 1.165) is 22.4 Å². The summed E-state index contributed by atoms with van der Waals surface area (Å²) in [6, 6.07) is 5.87. The fraction of sp³-hybridized carbons (Fsp3) is 0.538. The van der Waals surface area contributed by atoms with Crippen LogP contribution in [0.1, 0.15) is 19.4 Å². The zero-order valence-corrected chi connectivity index (χ0v) is 12.0. The van der Waals surface area contributed by atoms with Crippen LogP contribution in [-0.4, -0.2) is 19.8 Å². The van der Waals surface area contributed by atoms with Gasteiger partial charge in [-0.1, -0.05) is 29.8 Å². The second kappa shape index (κ2) is 7.69. The molecule has 0 bridgehead atoms. The minimum atomic E-state index is 0.514. The summed E-state index contributed by atoms with van der Waals surface area (Å²) in [4.78, 5) is 0. The highest BCUT2D eigenvalue weighted by Crippen LogP contribution is 2.21. The second-order valence-corrected chi connectivity index (χ2v) is 5.23. The lowest BCUT2D eigenvalue weighted by atomic mass is 10.2. The van der Waals surface area contributed by atoms with Crippen molar-refractivity contribution in [3.63, 3.8) is 0 Å². The van der Waals surface area contributed by atoms with Crippen molar-refractivity contribution in [2.24, 2.45) is 11.7 Å². The standard InChI is InChI=1S/C13H20BrNO2/c1-10(2)9-16-3-4-17-13-6-11(8-15)5-12(14)7-13/h5-7,10H,3-4,8-9,15H2,1-2H3. The maximum absolute atomic E-state index is 5.60. The van der Waals surface area contributed by atoms with Gasteiger partial charge in [0.15, 0.2) is 0 Å². The van der Waals surface area contributed by atoms with Gasteiger partial charge in [0.05, 0.1) is 6.61 Å². The van der Waals surface area contributed by atoms with Crippen molar-refractivity contribution in [2.75, 3.05) is 19.8 Å². The summed E-state index contributed by atoms with van der Waals surface area (Å²) in [6.45, 7) is 6.72. The summed E-state index contributed by atoms with van der Waals surface area (Å²) in [5, 5.41) is 0. The van der Waals surface area contributed by atoms with E-state index in [9.17, 15) is 0 Å². The van der Waals surface area contributed by atoms with Gasteiger partial charge in [-0.25, -0.2) is 0 Å². The Kier molecular flexibility index (Phi) is 6.55. The van der Waals surface area contributed by atoms with Crippen LogP contribution in [0.3, 0.4) is 0 Å². The molecule has 3 nitrogen and oxygen atoms in total. The monoisotopic (exact) mass is 301 g/mol. The Bertz CT molecular complexity index is 342. The Morgan fingerprint density at radius 1 is 1.24 bits per heavy atom. The molecule has 1 rings (SSSR count). The number of ether oxygens (including phenoxy) is 2. The molecule has 17 heavy (non-hydrogen) atoms. The molecule has 0 spiro atoms. The van der Waals surface area contributed by atoms with E-state index in [4.69, 9.17) is 15.2 Å².